The van der Waals surface area contributed by atoms with E-state index >= 15 is 0 Å². The zero-order chi connectivity index (χ0) is 20.2. The van der Waals surface area contributed by atoms with Gasteiger partial charge in [-0.2, -0.15) is 0 Å². The fourth-order valence-electron chi connectivity index (χ4n) is 4.09. The summed E-state index contributed by atoms with van der Waals surface area (Å²) >= 11 is 1.71. The maximum atomic E-state index is 12.7. The molecule has 4 rings (SSSR count). The van der Waals surface area contributed by atoms with Crippen LogP contribution < -0.4 is 10.2 Å². The number of anilines is 2. The number of amides is 2. The number of hydrogen-bond donors (Lipinski definition) is 1. The van der Waals surface area contributed by atoms with Gasteiger partial charge in [-0.05, 0) is 54.5 Å². The van der Waals surface area contributed by atoms with E-state index in [0.29, 0.717) is 13.1 Å². The summed E-state index contributed by atoms with van der Waals surface area (Å²) in [5.74, 6) is 0.0276. The number of ether oxygens (including phenoxy) is 1. The van der Waals surface area contributed by atoms with Gasteiger partial charge in [0.1, 0.15) is 0 Å². The Hall–Kier alpha value is -2.22. The lowest BCUT2D eigenvalue weighted by Crippen LogP contribution is -2.37. The van der Waals surface area contributed by atoms with Crippen LogP contribution in [0.25, 0.3) is 0 Å². The molecule has 2 aliphatic rings. The van der Waals surface area contributed by atoms with E-state index in [0.717, 1.165) is 55.9 Å². The molecule has 0 spiro atoms. The van der Waals surface area contributed by atoms with Crippen LogP contribution in [0.2, 0.25) is 0 Å². The lowest BCUT2D eigenvalue weighted by molar-refractivity contribution is -0.118. The number of nitrogens with one attached hydrogen (secondary N) is 1. The molecule has 29 heavy (non-hydrogen) atoms. The maximum Gasteiger partial charge on any atom is 0.238 e. The summed E-state index contributed by atoms with van der Waals surface area (Å²) in [5, 5.41) is 5.09. The van der Waals surface area contributed by atoms with E-state index in [1.807, 2.05) is 24.3 Å². The predicted octanol–water partition coefficient (Wildman–Crippen LogP) is 3.28. The molecule has 2 amide bonds. The molecular weight excluding hydrogens is 386 g/mol. The molecule has 1 N–H and O–H groups in total. The Balaban J connectivity index is 1.39. The minimum atomic E-state index is -0.0269. The first kappa shape index (κ1) is 20.1. The van der Waals surface area contributed by atoms with Crippen molar-refractivity contribution in [2.75, 3.05) is 36.5 Å². The van der Waals surface area contributed by atoms with E-state index in [2.05, 4.69) is 21.7 Å². The van der Waals surface area contributed by atoms with Crippen LogP contribution >= 0.6 is 11.3 Å². The van der Waals surface area contributed by atoms with E-state index in [4.69, 9.17) is 4.74 Å². The standard InChI is InChI=1S/C22H27N3O3S/c1-16(26)25-9-8-17-12-18(6-7-21(17)25)23-22(27)15-24(13-19-4-2-10-28-19)14-20-5-3-11-29-20/h3,5-7,11-12,19H,2,4,8-10,13-15H2,1H3,(H,23,27)/t19-/m0/s1. The van der Waals surface area contributed by atoms with Crippen molar-refractivity contribution in [3.63, 3.8) is 0 Å². The fraction of sp³-hybridized carbons (Fsp3) is 0.455. The molecule has 1 saturated heterocycles. The molecule has 0 unspecified atom stereocenters. The molecular formula is C22H27N3O3S. The number of rotatable bonds is 7. The van der Waals surface area contributed by atoms with Gasteiger partial charge in [0.2, 0.25) is 11.8 Å². The van der Waals surface area contributed by atoms with Crippen molar-refractivity contribution >= 4 is 34.5 Å². The minimum Gasteiger partial charge on any atom is -0.377 e. The number of fused-ring (bicyclic) bond motifs is 1. The maximum absolute atomic E-state index is 12.7. The van der Waals surface area contributed by atoms with E-state index in [1.165, 1.54) is 4.88 Å². The Kier molecular flexibility index (Phi) is 6.28. The Morgan fingerprint density at radius 1 is 1.34 bits per heavy atom. The van der Waals surface area contributed by atoms with E-state index in [-0.39, 0.29) is 17.9 Å². The molecule has 154 valence electrons. The summed E-state index contributed by atoms with van der Waals surface area (Å²) in [6.07, 6.45) is 3.18. The van der Waals surface area contributed by atoms with E-state index < -0.39 is 0 Å². The molecule has 7 heteroatoms. The molecule has 0 aliphatic carbocycles. The average Bonchev–Trinajstić information content (AvgIpc) is 3.42. The third-order valence-electron chi connectivity index (χ3n) is 5.45. The van der Waals surface area contributed by atoms with Crippen molar-refractivity contribution in [2.45, 2.75) is 38.8 Å². The first-order valence-electron chi connectivity index (χ1n) is 10.2. The van der Waals surface area contributed by atoms with Crippen LogP contribution in [0.3, 0.4) is 0 Å². The van der Waals surface area contributed by atoms with Crippen LogP contribution in [-0.2, 0) is 27.3 Å². The summed E-state index contributed by atoms with van der Waals surface area (Å²) in [6.45, 7) is 4.95. The second-order valence-corrected chi connectivity index (χ2v) is 8.73. The van der Waals surface area contributed by atoms with Crippen molar-refractivity contribution in [3.8, 4) is 0 Å². The second kappa shape index (κ2) is 9.07. The molecule has 0 bridgehead atoms. The quantitative estimate of drug-likeness (QED) is 0.757. The fourth-order valence-corrected chi connectivity index (χ4v) is 4.84. The second-order valence-electron chi connectivity index (χ2n) is 7.70. The van der Waals surface area contributed by atoms with Crippen LogP contribution in [0, 0.1) is 0 Å². The highest BCUT2D eigenvalue weighted by molar-refractivity contribution is 7.09. The third-order valence-corrected chi connectivity index (χ3v) is 6.31. The summed E-state index contributed by atoms with van der Waals surface area (Å²) < 4.78 is 5.78. The van der Waals surface area contributed by atoms with Crippen molar-refractivity contribution in [1.29, 1.82) is 0 Å². The van der Waals surface area contributed by atoms with Gasteiger partial charge in [0.25, 0.3) is 0 Å². The molecule has 1 atom stereocenters. The van der Waals surface area contributed by atoms with Gasteiger partial charge >= 0.3 is 0 Å². The zero-order valence-electron chi connectivity index (χ0n) is 16.7. The summed E-state index contributed by atoms with van der Waals surface area (Å²) in [6, 6.07) is 9.93. The summed E-state index contributed by atoms with van der Waals surface area (Å²) in [5.41, 5.74) is 2.84. The average molecular weight is 414 g/mol. The monoisotopic (exact) mass is 413 g/mol. The van der Waals surface area contributed by atoms with Gasteiger partial charge in [-0.25, -0.2) is 0 Å². The summed E-state index contributed by atoms with van der Waals surface area (Å²) in [4.78, 5) is 29.6. The number of thiophene rings is 1. The minimum absolute atomic E-state index is 0.0269. The highest BCUT2D eigenvalue weighted by Gasteiger charge is 2.24. The topological polar surface area (TPSA) is 61.9 Å². The van der Waals surface area contributed by atoms with Crippen molar-refractivity contribution in [1.82, 2.24) is 4.90 Å². The number of hydrogen-bond acceptors (Lipinski definition) is 5. The van der Waals surface area contributed by atoms with Gasteiger partial charge in [-0.15, -0.1) is 11.3 Å². The molecule has 0 saturated carbocycles. The van der Waals surface area contributed by atoms with Gasteiger partial charge in [0.15, 0.2) is 0 Å². The molecule has 1 aromatic carbocycles. The number of carbonyl (C=O) groups excluding carboxylic acids is 2. The first-order chi connectivity index (χ1) is 14.1. The third kappa shape index (κ3) is 5.04. The van der Waals surface area contributed by atoms with Crippen LogP contribution in [0.15, 0.2) is 35.7 Å². The van der Waals surface area contributed by atoms with Crippen LogP contribution in [0.1, 0.15) is 30.2 Å². The molecule has 1 fully saturated rings. The highest BCUT2D eigenvalue weighted by atomic mass is 32.1. The van der Waals surface area contributed by atoms with Crippen molar-refractivity contribution in [2.24, 2.45) is 0 Å². The van der Waals surface area contributed by atoms with Gasteiger partial charge < -0.3 is 15.0 Å². The number of benzene rings is 1. The van der Waals surface area contributed by atoms with Gasteiger partial charge in [0, 0.05) is 49.4 Å². The Bertz CT molecular complexity index is 862. The zero-order valence-corrected chi connectivity index (χ0v) is 17.5. The molecule has 1 aromatic heterocycles. The molecule has 3 heterocycles. The highest BCUT2D eigenvalue weighted by Crippen LogP contribution is 2.30. The number of nitrogens with zero attached hydrogens (tertiary/aromatic N) is 2. The lowest BCUT2D eigenvalue weighted by atomic mass is 10.1. The predicted molar refractivity (Wildman–Crippen MR) is 115 cm³/mol. The smallest absolute Gasteiger partial charge is 0.238 e. The van der Waals surface area contributed by atoms with E-state index in [1.54, 1.807) is 23.2 Å². The van der Waals surface area contributed by atoms with Gasteiger partial charge in [-0.1, -0.05) is 6.07 Å². The largest absolute Gasteiger partial charge is 0.377 e. The van der Waals surface area contributed by atoms with Crippen LogP contribution in [0.4, 0.5) is 11.4 Å². The first-order valence-corrected chi connectivity index (χ1v) is 11.0. The Labute approximate surface area is 175 Å². The Morgan fingerprint density at radius 3 is 2.97 bits per heavy atom. The van der Waals surface area contributed by atoms with Crippen LogP contribution in [-0.4, -0.2) is 49.1 Å². The molecule has 0 radical (unpaired) electrons. The van der Waals surface area contributed by atoms with Crippen LogP contribution in [0.5, 0.6) is 0 Å². The van der Waals surface area contributed by atoms with Crippen molar-refractivity contribution < 1.29 is 14.3 Å². The van der Waals surface area contributed by atoms with Crippen molar-refractivity contribution in [3.05, 3.63) is 46.2 Å². The molecule has 2 aliphatic heterocycles. The number of carbonyl (C=O) groups is 2. The van der Waals surface area contributed by atoms with Gasteiger partial charge in [-0.3, -0.25) is 14.5 Å². The molecule has 2 aromatic rings. The van der Waals surface area contributed by atoms with E-state index in [9.17, 15) is 9.59 Å². The lowest BCUT2D eigenvalue weighted by Gasteiger charge is -2.24. The normalized spacial score (nSPS) is 18.3. The molecule has 6 nitrogen and oxygen atoms in total. The Morgan fingerprint density at radius 2 is 2.24 bits per heavy atom. The SMILES string of the molecule is CC(=O)N1CCc2cc(NC(=O)CN(Cc3cccs3)C[C@@H]3CCCO3)ccc21. The summed E-state index contributed by atoms with van der Waals surface area (Å²) in [7, 11) is 0. The van der Waals surface area contributed by atoms with Gasteiger partial charge in [0.05, 0.1) is 12.6 Å².